The van der Waals surface area contributed by atoms with Crippen LogP contribution in [0.2, 0.25) is 0 Å². The van der Waals surface area contributed by atoms with Crippen molar-refractivity contribution in [2.45, 2.75) is 31.8 Å². The van der Waals surface area contributed by atoms with E-state index in [-0.39, 0.29) is 23.9 Å². The lowest BCUT2D eigenvalue weighted by molar-refractivity contribution is -0.00114. The van der Waals surface area contributed by atoms with Crippen LogP contribution in [0.4, 0.5) is 0 Å². The molecule has 4 nitrogen and oxygen atoms in total. The van der Waals surface area contributed by atoms with Crippen molar-refractivity contribution < 1.29 is 18.3 Å². The van der Waals surface area contributed by atoms with Gasteiger partial charge in [-0.1, -0.05) is 0 Å². The van der Waals surface area contributed by atoms with Crippen LogP contribution in [0.25, 0.3) is 0 Å². The number of aliphatic hydroxyl groups excluding tert-OH is 1. The predicted octanol–water partition coefficient (Wildman–Crippen LogP) is 0.599. The van der Waals surface area contributed by atoms with Crippen LogP contribution in [0.5, 0.6) is 0 Å². The topological polar surface area (TPSA) is 63.6 Å². The van der Waals surface area contributed by atoms with E-state index in [1.807, 2.05) is 0 Å². The monoisotopic (exact) mass is 248 g/mol. The Morgan fingerprint density at radius 1 is 1.44 bits per heavy atom. The van der Waals surface area contributed by atoms with Crippen LogP contribution in [-0.4, -0.2) is 44.9 Å². The second-order valence-electron chi connectivity index (χ2n) is 5.28. The van der Waals surface area contributed by atoms with Crippen molar-refractivity contribution in [1.29, 1.82) is 0 Å². The van der Waals surface area contributed by atoms with Crippen LogP contribution in [0, 0.1) is 11.3 Å². The molecule has 0 amide bonds. The van der Waals surface area contributed by atoms with Crippen molar-refractivity contribution in [2.75, 3.05) is 25.2 Å². The fraction of sp³-hybridized carbons (Fsp3) is 1.00. The van der Waals surface area contributed by atoms with Gasteiger partial charge in [0.2, 0.25) is 0 Å². The van der Waals surface area contributed by atoms with Crippen LogP contribution in [0.15, 0.2) is 0 Å². The van der Waals surface area contributed by atoms with E-state index in [0.29, 0.717) is 18.9 Å². The van der Waals surface area contributed by atoms with Gasteiger partial charge in [0.05, 0.1) is 18.5 Å². The van der Waals surface area contributed by atoms with Crippen LogP contribution in [0.3, 0.4) is 0 Å². The summed E-state index contributed by atoms with van der Waals surface area (Å²) in [5, 5.41) is 9.59. The fourth-order valence-corrected chi connectivity index (χ4v) is 3.42. The molecule has 1 heterocycles. The van der Waals surface area contributed by atoms with Gasteiger partial charge in [0, 0.05) is 18.3 Å². The molecule has 1 N–H and O–H groups in total. The van der Waals surface area contributed by atoms with Gasteiger partial charge in [-0.15, -0.1) is 0 Å². The zero-order valence-electron chi connectivity index (χ0n) is 9.68. The van der Waals surface area contributed by atoms with Crippen molar-refractivity contribution in [3.63, 3.8) is 0 Å². The van der Waals surface area contributed by atoms with Crippen molar-refractivity contribution in [3.05, 3.63) is 0 Å². The Morgan fingerprint density at radius 2 is 2.12 bits per heavy atom. The van der Waals surface area contributed by atoms with E-state index in [0.717, 1.165) is 19.3 Å². The molecule has 0 radical (unpaired) electrons. The first-order chi connectivity index (χ1) is 7.47. The Bertz CT molecular complexity index is 347. The summed E-state index contributed by atoms with van der Waals surface area (Å²) in [7, 11) is -2.96. The highest BCUT2D eigenvalue weighted by molar-refractivity contribution is 7.90. The van der Waals surface area contributed by atoms with Gasteiger partial charge in [-0.25, -0.2) is 8.42 Å². The summed E-state index contributed by atoms with van der Waals surface area (Å²) in [6, 6.07) is 0. The third-order valence-electron chi connectivity index (χ3n) is 3.84. The fourth-order valence-electron chi connectivity index (χ4n) is 2.65. The first-order valence-corrected chi connectivity index (χ1v) is 7.93. The Labute approximate surface area is 96.9 Å². The summed E-state index contributed by atoms with van der Waals surface area (Å²) in [6.07, 6.45) is 4.97. The summed E-state index contributed by atoms with van der Waals surface area (Å²) in [6.45, 7) is 0.704. The van der Waals surface area contributed by atoms with Gasteiger partial charge in [-0.3, -0.25) is 0 Å². The molecule has 2 rings (SSSR count). The van der Waals surface area contributed by atoms with Crippen LogP contribution in [0.1, 0.15) is 25.7 Å². The van der Waals surface area contributed by atoms with Gasteiger partial charge in [-0.05, 0) is 31.6 Å². The van der Waals surface area contributed by atoms with Gasteiger partial charge in [0.15, 0.2) is 0 Å². The molecule has 5 heteroatoms. The smallest absolute Gasteiger partial charge is 0.147 e. The van der Waals surface area contributed by atoms with E-state index in [1.54, 1.807) is 0 Å². The number of ether oxygens (including phenoxy) is 1. The number of hydrogen-bond donors (Lipinski definition) is 1. The highest BCUT2D eigenvalue weighted by Crippen LogP contribution is 2.49. The summed E-state index contributed by atoms with van der Waals surface area (Å²) in [5.74, 6) is 0.703. The van der Waals surface area contributed by atoms with E-state index in [2.05, 4.69) is 0 Å². The van der Waals surface area contributed by atoms with Crippen molar-refractivity contribution >= 4 is 9.84 Å². The van der Waals surface area contributed by atoms with E-state index in [1.165, 1.54) is 6.26 Å². The molecular weight excluding hydrogens is 228 g/mol. The molecule has 1 saturated heterocycles. The summed E-state index contributed by atoms with van der Waals surface area (Å²) in [5.41, 5.74) is -0.301. The van der Waals surface area contributed by atoms with E-state index >= 15 is 0 Å². The van der Waals surface area contributed by atoms with Crippen LogP contribution in [-0.2, 0) is 14.6 Å². The molecule has 0 aromatic carbocycles. The quantitative estimate of drug-likeness (QED) is 0.774. The third kappa shape index (κ3) is 2.57. The zero-order chi connectivity index (χ0) is 11.8. The first kappa shape index (κ1) is 12.3. The maximum absolute atomic E-state index is 11.2. The molecule has 1 aliphatic carbocycles. The largest absolute Gasteiger partial charge is 0.396 e. The highest BCUT2D eigenvalue weighted by Gasteiger charge is 2.50. The van der Waals surface area contributed by atoms with E-state index < -0.39 is 9.84 Å². The van der Waals surface area contributed by atoms with E-state index in [9.17, 15) is 13.5 Å². The molecule has 16 heavy (non-hydrogen) atoms. The Hall–Kier alpha value is -0.130. The first-order valence-electron chi connectivity index (χ1n) is 5.87. The number of sulfone groups is 1. The minimum Gasteiger partial charge on any atom is -0.396 e. The molecule has 2 unspecified atom stereocenters. The lowest BCUT2D eigenvalue weighted by atomic mass is 9.77. The van der Waals surface area contributed by atoms with Crippen molar-refractivity contribution in [2.24, 2.45) is 11.3 Å². The van der Waals surface area contributed by atoms with E-state index in [4.69, 9.17) is 4.74 Å². The Balaban J connectivity index is 2.05. The van der Waals surface area contributed by atoms with Gasteiger partial charge >= 0.3 is 0 Å². The second kappa shape index (κ2) is 4.27. The van der Waals surface area contributed by atoms with Gasteiger partial charge in [0.1, 0.15) is 9.84 Å². The molecule has 1 saturated carbocycles. The number of hydrogen-bond acceptors (Lipinski definition) is 4. The van der Waals surface area contributed by atoms with Gasteiger partial charge in [0.25, 0.3) is 0 Å². The maximum Gasteiger partial charge on any atom is 0.147 e. The minimum atomic E-state index is -2.96. The average molecular weight is 248 g/mol. The zero-order valence-corrected chi connectivity index (χ0v) is 10.5. The Kier molecular flexibility index (Phi) is 3.29. The van der Waals surface area contributed by atoms with Crippen LogP contribution >= 0.6 is 0 Å². The summed E-state index contributed by atoms with van der Waals surface area (Å²) >= 11 is 0. The third-order valence-corrected chi connectivity index (χ3v) is 4.78. The standard InChI is InChI=1S/C11H20O4S/c1-16(13,14)7-5-11(8-12)4-6-15-10(11)9-2-3-9/h9-10,12H,2-8H2,1H3. The molecule has 0 aromatic heterocycles. The van der Waals surface area contributed by atoms with Crippen molar-refractivity contribution in [1.82, 2.24) is 0 Å². The Morgan fingerprint density at radius 3 is 2.62 bits per heavy atom. The second-order valence-corrected chi connectivity index (χ2v) is 7.54. The SMILES string of the molecule is CS(=O)(=O)CCC1(CO)CCOC1C1CC1. The summed E-state index contributed by atoms with van der Waals surface area (Å²) in [4.78, 5) is 0. The lowest BCUT2D eigenvalue weighted by Crippen LogP contribution is -2.37. The molecular formula is C11H20O4S. The lowest BCUT2D eigenvalue weighted by Gasteiger charge is -2.32. The molecule has 2 aliphatic rings. The van der Waals surface area contributed by atoms with Gasteiger partial charge < -0.3 is 9.84 Å². The maximum atomic E-state index is 11.2. The number of rotatable bonds is 5. The van der Waals surface area contributed by atoms with Gasteiger partial charge in [-0.2, -0.15) is 0 Å². The number of aliphatic hydroxyl groups is 1. The molecule has 0 aromatic rings. The van der Waals surface area contributed by atoms with Crippen LogP contribution < -0.4 is 0 Å². The van der Waals surface area contributed by atoms with Crippen molar-refractivity contribution in [3.8, 4) is 0 Å². The average Bonchev–Trinajstić information content (AvgIpc) is 2.95. The summed E-state index contributed by atoms with van der Waals surface area (Å²) < 4.78 is 28.1. The molecule has 94 valence electrons. The molecule has 2 fully saturated rings. The normalized spacial score (nSPS) is 35.5. The highest BCUT2D eigenvalue weighted by atomic mass is 32.2. The molecule has 2 atom stereocenters. The molecule has 1 aliphatic heterocycles. The predicted molar refractivity (Wildman–Crippen MR) is 60.9 cm³/mol. The minimum absolute atomic E-state index is 0.0453. The molecule has 0 bridgehead atoms. The molecule has 0 spiro atoms.